The number of hydrogen-bond donors (Lipinski definition) is 1. The van der Waals surface area contributed by atoms with Gasteiger partial charge in [-0.05, 0) is 62.9 Å². The third-order valence-corrected chi connectivity index (χ3v) is 5.45. The van der Waals surface area contributed by atoms with Crippen LogP contribution in [0.15, 0.2) is 24.7 Å². The van der Waals surface area contributed by atoms with Crippen molar-refractivity contribution in [3.63, 3.8) is 0 Å². The first kappa shape index (κ1) is 16.3. The minimum atomic E-state index is 0.0448. The van der Waals surface area contributed by atoms with E-state index in [0.29, 0.717) is 12.6 Å². The topological polar surface area (TPSA) is 65.8 Å². The highest BCUT2D eigenvalue weighted by Gasteiger charge is 2.26. The van der Waals surface area contributed by atoms with Crippen LogP contribution in [0.25, 0.3) is 5.65 Å². The maximum Gasteiger partial charge on any atom is 0.317 e. The molecule has 0 bridgehead atoms. The van der Waals surface area contributed by atoms with Crippen molar-refractivity contribution in [1.29, 1.82) is 0 Å². The standard InChI is InChI=1S/C18H26N6O/c25-18(19-13-15-5-10-24-14-20-21-17(24)12-15)23-9-3-4-16(6-11-23)22-7-1-2-8-22/h5,10,12,14,16H,1-4,6-9,11,13H2,(H,19,25). The molecule has 4 rings (SSSR count). The molecule has 0 spiro atoms. The van der Waals surface area contributed by atoms with E-state index >= 15 is 0 Å². The molecule has 1 N–H and O–H groups in total. The predicted octanol–water partition coefficient (Wildman–Crippen LogP) is 1.89. The number of fused-ring (bicyclic) bond motifs is 1. The lowest BCUT2D eigenvalue weighted by Crippen LogP contribution is -2.41. The zero-order valence-corrected chi connectivity index (χ0v) is 14.6. The normalized spacial score (nSPS) is 22.2. The van der Waals surface area contributed by atoms with Crippen LogP contribution >= 0.6 is 0 Å². The Morgan fingerprint density at radius 3 is 2.92 bits per heavy atom. The number of carbonyl (C=O) groups excluding carboxylic acids is 1. The van der Waals surface area contributed by atoms with Gasteiger partial charge in [-0.2, -0.15) is 0 Å². The predicted molar refractivity (Wildman–Crippen MR) is 95.2 cm³/mol. The Labute approximate surface area is 148 Å². The minimum Gasteiger partial charge on any atom is -0.334 e. The largest absolute Gasteiger partial charge is 0.334 e. The highest BCUT2D eigenvalue weighted by atomic mass is 16.2. The van der Waals surface area contributed by atoms with Crippen molar-refractivity contribution in [2.45, 2.75) is 44.7 Å². The minimum absolute atomic E-state index is 0.0448. The van der Waals surface area contributed by atoms with Crippen molar-refractivity contribution in [2.24, 2.45) is 0 Å². The van der Waals surface area contributed by atoms with E-state index in [4.69, 9.17) is 0 Å². The van der Waals surface area contributed by atoms with Crippen LogP contribution in [-0.4, -0.2) is 62.6 Å². The first-order valence-electron chi connectivity index (χ1n) is 9.35. The van der Waals surface area contributed by atoms with Gasteiger partial charge in [0.05, 0.1) is 0 Å². The average Bonchev–Trinajstić information content (AvgIpc) is 3.27. The van der Waals surface area contributed by atoms with Gasteiger partial charge in [0, 0.05) is 31.9 Å². The number of nitrogens with zero attached hydrogens (tertiary/aromatic N) is 5. The molecule has 2 saturated heterocycles. The van der Waals surface area contributed by atoms with Crippen LogP contribution in [0.2, 0.25) is 0 Å². The van der Waals surface area contributed by atoms with Crippen molar-refractivity contribution in [3.8, 4) is 0 Å². The quantitative estimate of drug-likeness (QED) is 0.925. The number of nitrogens with one attached hydrogen (secondary N) is 1. The van der Waals surface area contributed by atoms with Gasteiger partial charge in [0.25, 0.3) is 0 Å². The van der Waals surface area contributed by atoms with Gasteiger partial charge in [0.2, 0.25) is 0 Å². The molecule has 4 heterocycles. The van der Waals surface area contributed by atoms with Crippen molar-refractivity contribution in [2.75, 3.05) is 26.2 Å². The van der Waals surface area contributed by atoms with E-state index in [1.54, 1.807) is 6.33 Å². The third-order valence-electron chi connectivity index (χ3n) is 5.45. The second-order valence-corrected chi connectivity index (χ2v) is 7.10. The molecule has 2 aliphatic heterocycles. The van der Waals surface area contributed by atoms with Crippen LogP contribution in [0.5, 0.6) is 0 Å². The van der Waals surface area contributed by atoms with Crippen LogP contribution in [-0.2, 0) is 6.54 Å². The van der Waals surface area contributed by atoms with Gasteiger partial charge < -0.3 is 15.1 Å². The molecule has 2 aromatic rings. The van der Waals surface area contributed by atoms with Gasteiger partial charge in [-0.3, -0.25) is 4.40 Å². The lowest BCUT2D eigenvalue weighted by atomic mass is 10.1. The second-order valence-electron chi connectivity index (χ2n) is 7.10. The summed E-state index contributed by atoms with van der Waals surface area (Å²) in [4.78, 5) is 17.1. The Morgan fingerprint density at radius 1 is 1.16 bits per heavy atom. The van der Waals surface area contributed by atoms with Crippen LogP contribution < -0.4 is 5.32 Å². The van der Waals surface area contributed by atoms with Gasteiger partial charge in [-0.1, -0.05) is 0 Å². The average molecular weight is 342 g/mol. The van der Waals surface area contributed by atoms with Crippen LogP contribution in [0.1, 0.15) is 37.7 Å². The maximum absolute atomic E-state index is 12.5. The fourth-order valence-corrected chi connectivity index (χ4v) is 4.01. The van der Waals surface area contributed by atoms with Gasteiger partial charge >= 0.3 is 6.03 Å². The van der Waals surface area contributed by atoms with Crippen LogP contribution in [0.4, 0.5) is 4.79 Å². The zero-order chi connectivity index (χ0) is 17.1. The number of aromatic nitrogens is 3. The van der Waals surface area contributed by atoms with E-state index in [-0.39, 0.29) is 6.03 Å². The fourth-order valence-electron chi connectivity index (χ4n) is 4.01. The first-order valence-corrected chi connectivity index (χ1v) is 9.35. The second kappa shape index (κ2) is 7.39. The highest BCUT2D eigenvalue weighted by Crippen LogP contribution is 2.21. The molecule has 2 aliphatic rings. The van der Waals surface area contributed by atoms with Crippen molar-refractivity contribution in [3.05, 3.63) is 30.2 Å². The summed E-state index contributed by atoms with van der Waals surface area (Å²) in [5.74, 6) is 0. The number of hydrogen-bond acceptors (Lipinski definition) is 4. The molecule has 1 atom stereocenters. The molecular weight excluding hydrogens is 316 g/mol. The molecule has 1 unspecified atom stereocenters. The van der Waals surface area contributed by atoms with Gasteiger partial charge in [0.1, 0.15) is 6.33 Å². The summed E-state index contributed by atoms with van der Waals surface area (Å²) in [6.07, 6.45) is 9.66. The lowest BCUT2D eigenvalue weighted by molar-refractivity contribution is 0.193. The molecule has 7 heteroatoms. The lowest BCUT2D eigenvalue weighted by Gasteiger charge is -2.26. The maximum atomic E-state index is 12.5. The summed E-state index contributed by atoms with van der Waals surface area (Å²) in [7, 11) is 0. The molecule has 0 radical (unpaired) electrons. The Balaban J connectivity index is 1.30. The summed E-state index contributed by atoms with van der Waals surface area (Å²) < 4.78 is 1.86. The molecule has 2 amide bonds. The monoisotopic (exact) mass is 342 g/mol. The number of likely N-dealkylation sites (tertiary alicyclic amines) is 2. The smallest absolute Gasteiger partial charge is 0.317 e. The van der Waals surface area contributed by atoms with Crippen LogP contribution in [0, 0.1) is 0 Å². The molecule has 134 valence electrons. The first-order chi connectivity index (χ1) is 12.3. The molecule has 2 fully saturated rings. The summed E-state index contributed by atoms with van der Waals surface area (Å²) >= 11 is 0. The van der Waals surface area contributed by atoms with Gasteiger partial charge in [0.15, 0.2) is 5.65 Å². The number of amides is 2. The van der Waals surface area contributed by atoms with E-state index in [0.717, 1.165) is 37.1 Å². The summed E-state index contributed by atoms with van der Waals surface area (Å²) in [6.45, 7) is 4.72. The van der Waals surface area contributed by atoms with Gasteiger partial charge in [-0.25, -0.2) is 4.79 Å². The molecule has 25 heavy (non-hydrogen) atoms. The summed E-state index contributed by atoms with van der Waals surface area (Å²) in [5, 5.41) is 11.0. The van der Waals surface area contributed by atoms with Gasteiger partial charge in [-0.15, -0.1) is 10.2 Å². The number of rotatable bonds is 3. The van der Waals surface area contributed by atoms with Crippen molar-refractivity contribution >= 4 is 11.7 Å². The van der Waals surface area contributed by atoms with E-state index in [9.17, 15) is 4.79 Å². The molecule has 0 aliphatic carbocycles. The Bertz CT molecular complexity index is 723. The molecule has 7 nitrogen and oxygen atoms in total. The number of urea groups is 1. The zero-order valence-electron chi connectivity index (χ0n) is 14.6. The van der Waals surface area contributed by atoms with E-state index in [2.05, 4.69) is 20.4 Å². The molecule has 2 aromatic heterocycles. The van der Waals surface area contributed by atoms with Crippen LogP contribution in [0.3, 0.4) is 0 Å². The number of pyridine rings is 1. The molecule has 0 aromatic carbocycles. The summed E-state index contributed by atoms with van der Waals surface area (Å²) in [6, 6.07) is 4.65. The van der Waals surface area contributed by atoms with Crippen molar-refractivity contribution in [1.82, 2.24) is 29.7 Å². The van der Waals surface area contributed by atoms with Crippen molar-refractivity contribution < 1.29 is 4.79 Å². The van der Waals surface area contributed by atoms with E-state index in [1.807, 2.05) is 27.6 Å². The Hall–Kier alpha value is -2.15. The fraction of sp³-hybridized carbons (Fsp3) is 0.611. The Morgan fingerprint density at radius 2 is 2.04 bits per heavy atom. The molecular formula is C18H26N6O. The summed E-state index contributed by atoms with van der Waals surface area (Å²) in [5.41, 5.74) is 1.84. The SMILES string of the molecule is O=C(NCc1ccn2cnnc2c1)N1CCCC(N2CCCC2)CC1. The van der Waals surface area contributed by atoms with E-state index in [1.165, 1.54) is 32.4 Å². The number of carbonyl (C=O) groups is 1. The Kier molecular flexibility index (Phi) is 4.83. The van der Waals surface area contributed by atoms with E-state index < -0.39 is 0 Å². The third kappa shape index (κ3) is 3.76. The highest BCUT2D eigenvalue weighted by molar-refractivity contribution is 5.74. The molecule has 0 saturated carbocycles.